The number of amides is 1. The van der Waals surface area contributed by atoms with Crippen LogP contribution in [0.2, 0.25) is 0 Å². The molecule has 1 unspecified atom stereocenters. The smallest absolute Gasteiger partial charge is 0.227 e. The van der Waals surface area contributed by atoms with E-state index in [1.165, 1.54) is 0 Å². The number of carbonyl (C=O) groups is 1. The van der Waals surface area contributed by atoms with Gasteiger partial charge in [-0.25, -0.2) is 4.98 Å². The number of nitrogens with one attached hydrogen (secondary N) is 2. The maximum Gasteiger partial charge on any atom is 0.227 e. The first kappa shape index (κ1) is 22.1. The normalized spacial score (nSPS) is 19.3. The highest BCUT2D eigenvalue weighted by atomic mass is 16.1. The molecular weight excluding hydrogens is 398 g/mol. The van der Waals surface area contributed by atoms with Gasteiger partial charge in [-0.2, -0.15) is 4.98 Å². The first-order valence-electron chi connectivity index (χ1n) is 11.6. The van der Waals surface area contributed by atoms with E-state index in [0.717, 1.165) is 54.4 Å². The molecule has 4 rings (SSSR count). The molecule has 6 nitrogen and oxygen atoms in total. The molecule has 1 atom stereocenters. The number of para-hydroxylation sites is 1. The number of rotatable bonds is 7. The summed E-state index contributed by atoms with van der Waals surface area (Å²) >= 11 is 0. The van der Waals surface area contributed by atoms with Crippen molar-refractivity contribution in [3.63, 3.8) is 0 Å². The van der Waals surface area contributed by atoms with E-state index in [4.69, 9.17) is 9.97 Å². The first-order valence-corrected chi connectivity index (χ1v) is 11.6. The van der Waals surface area contributed by atoms with Crippen LogP contribution in [0.4, 0.5) is 11.8 Å². The Morgan fingerprint density at radius 3 is 2.31 bits per heavy atom. The minimum absolute atomic E-state index is 0.0810. The molecule has 168 valence electrons. The zero-order valence-corrected chi connectivity index (χ0v) is 19.2. The lowest BCUT2D eigenvalue weighted by atomic mass is 9.89. The van der Waals surface area contributed by atoms with Gasteiger partial charge in [-0.3, -0.25) is 4.79 Å². The molecule has 32 heavy (non-hydrogen) atoms. The highest BCUT2D eigenvalue weighted by Gasteiger charge is 2.26. The van der Waals surface area contributed by atoms with Crippen LogP contribution in [-0.2, 0) is 4.79 Å². The van der Waals surface area contributed by atoms with Crippen molar-refractivity contribution in [2.45, 2.75) is 57.0 Å². The molecule has 1 fully saturated rings. The molecule has 0 aliphatic heterocycles. The van der Waals surface area contributed by atoms with Gasteiger partial charge in [0.2, 0.25) is 11.9 Å². The molecule has 1 aliphatic carbocycles. The van der Waals surface area contributed by atoms with E-state index in [0.29, 0.717) is 12.0 Å². The summed E-state index contributed by atoms with van der Waals surface area (Å²) in [7, 11) is 4.01. The van der Waals surface area contributed by atoms with Gasteiger partial charge in [0.15, 0.2) is 0 Å². The van der Waals surface area contributed by atoms with Gasteiger partial charge in [0.05, 0.1) is 11.4 Å². The molecule has 2 N–H and O–H groups in total. The van der Waals surface area contributed by atoms with Crippen molar-refractivity contribution in [2.24, 2.45) is 0 Å². The van der Waals surface area contributed by atoms with Crippen LogP contribution in [0.1, 0.15) is 50.5 Å². The highest BCUT2D eigenvalue weighted by molar-refractivity contribution is 5.90. The molecule has 6 heteroatoms. The van der Waals surface area contributed by atoms with Crippen LogP contribution in [0, 0.1) is 0 Å². The Morgan fingerprint density at radius 1 is 0.969 bits per heavy atom. The highest BCUT2D eigenvalue weighted by Crippen LogP contribution is 2.27. The summed E-state index contributed by atoms with van der Waals surface area (Å²) in [5.74, 6) is 1.66. The fourth-order valence-corrected chi connectivity index (χ4v) is 4.59. The molecule has 1 heterocycles. The summed E-state index contributed by atoms with van der Waals surface area (Å²) < 4.78 is 0. The number of carbonyl (C=O) groups excluding carboxylic acids is 1. The van der Waals surface area contributed by atoms with Gasteiger partial charge >= 0.3 is 0 Å². The average Bonchev–Trinajstić information content (AvgIpc) is 2.81. The molecule has 0 radical (unpaired) electrons. The topological polar surface area (TPSA) is 70.2 Å². The molecular formula is C26H33N5O. The van der Waals surface area contributed by atoms with Gasteiger partial charge in [0.1, 0.15) is 5.82 Å². The third kappa shape index (κ3) is 5.01. The number of aromatic nitrogens is 2. The van der Waals surface area contributed by atoms with Gasteiger partial charge < -0.3 is 15.5 Å². The molecule has 1 aliphatic rings. The summed E-state index contributed by atoms with van der Waals surface area (Å²) in [5, 5.41) is 7.89. The van der Waals surface area contributed by atoms with Crippen LogP contribution < -0.4 is 15.5 Å². The van der Waals surface area contributed by atoms with Gasteiger partial charge in [-0.1, -0.05) is 49.4 Å². The van der Waals surface area contributed by atoms with Crippen molar-refractivity contribution >= 4 is 28.6 Å². The quantitative estimate of drug-likeness (QED) is 0.566. The minimum atomic E-state index is -0.0810. The number of fused-ring (bicyclic) bond motifs is 1. The fourth-order valence-electron chi connectivity index (χ4n) is 4.59. The predicted molar refractivity (Wildman–Crippen MR) is 131 cm³/mol. The molecule has 1 saturated carbocycles. The molecule has 1 aromatic heterocycles. The number of nitrogens with zero attached hydrogens (tertiary/aromatic N) is 3. The Kier molecular flexibility index (Phi) is 6.88. The maximum absolute atomic E-state index is 12.9. The van der Waals surface area contributed by atoms with Crippen molar-refractivity contribution in [2.75, 3.05) is 24.3 Å². The molecule has 2 aromatic carbocycles. The number of anilines is 2. The lowest BCUT2D eigenvalue weighted by Crippen LogP contribution is -2.42. The molecule has 3 aromatic rings. The molecule has 0 bridgehead atoms. The third-order valence-electron chi connectivity index (χ3n) is 6.34. The van der Waals surface area contributed by atoms with Gasteiger partial charge in [-0.05, 0) is 49.8 Å². The van der Waals surface area contributed by atoms with E-state index in [2.05, 4.69) is 23.6 Å². The second kappa shape index (κ2) is 9.98. The summed E-state index contributed by atoms with van der Waals surface area (Å²) in [6.07, 6.45) is 4.70. The van der Waals surface area contributed by atoms with E-state index >= 15 is 0 Å². The van der Waals surface area contributed by atoms with E-state index in [1.807, 2.05) is 67.5 Å². The second-order valence-electron chi connectivity index (χ2n) is 8.86. The van der Waals surface area contributed by atoms with Crippen molar-refractivity contribution in [3.05, 3.63) is 60.2 Å². The van der Waals surface area contributed by atoms with Crippen LogP contribution in [0.5, 0.6) is 0 Å². The Bertz CT molecular complexity index is 1040. The molecule has 0 saturated heterocycles. The van der Waals surface area contributed by atoms with Crippen LogP contribution in [0.3, 0.4) is 0 Å². The SMILES string of the molecule is CCC(C(=O)N[C@H]1CC[C@@H](Nc2nc(N(C)C)c3ccccc3n2)CC1)c1ccccc1. The lowest BCUT2D eigenvalue weighted by Gasteiger charge is -2.31. The zero-order chi connectivity index (χ0) is 22.5. The molecule has 1 amide bonds. The first-order chi connectivity index (χ1) is 15.5. The predicted octanol–water partition coefficient (Wildman–Crippen LogP) is 4.73. The van der Waals surface area contributed by atoms with E-state index < -0.39 is 0 Å². The van der Waals surface area contributed by atoms with Crippen LogP contribution >= 0.6 is 0 Å². The Labute approximate surface area is 190 Å². The largest absolute Gasteiger partial charge is 0.362 e. The number of benzene rings is 2. The van der Waals surface area contributed by atoms with E-state index in [-0.39, 0.29) is 17.9 Å². The summed E-state index contributed by atoms with van der Waals surface area (Å²) in [6, 6.07) is 18.7. The maximum atomic E-state index is 12.9. The Morgan fingerprint density at radius 2 is 1.62 bits per heavy atom. The van der Waals surface area contributed by atoms with E-state index in [9.17, 15) is 4.79 Å². The Hall–Kier alpha value is -3.15. The zero-order valence-electron chi connectivity index (χ0n) is 19.2. The number of hydrogen-bond acceptors (Lipinski definition) is 5. The fraction of sp³-hybridized carbons (Fsp3) is 0.423. The van der Waals surface area contributed by atoms with Crippen LogP contribution in [0.15, 0.2) is 54.6 Å². The van der Waals surface area contributed by atoms with Crippen LogP contribution in [0.25, 0.3) is 10.9 Å². The monoisotopic (exact) mass is 431 g/mol. The Balaban J connectivity index is 1.36. The van der Waals surface area contributed by atoms with Crippen molar-refractivity contribution in [1.82, 2.24) is 15.3 Å². The molecule has 0 spiro atoms. The van der Waals surface area contributed by atoms with Crippen molar-refractivity contribution in [3.8, 4) is 0 Å². The minimum Gasteiger partial charge on any atom is -0.362 e. The lowest BCUT2D eigenvalue weighted by molar-refractivity contribution is -0.123. The summed E-state index contributed by atoms with van der Waals surface area (Å²) in [6.45, 7) is 2.07. The van der Waals surface area contributed by atoms with Gasteiger partial charge in [0, 0.05) is 31.6 Å². The van der Waals surface area contributed by atoms with Crippen LogP contribution in [-0.4, -0.2) is 42.1 Å². The summed E-state index contributed by atoms with van der Waals surface area (Å²) in [4.78, 5) is 24.4. The standard InChI is InChI=1S/C26H33N5O/c1-4-21(18-10-6-5-7-11-18)25(32)27-19-14-16-20(17-15-19)28-26-29-23-13-9-8-12-22(23)24(30-26)31(2)3/h5-13,19-21H,4,14-17H2,1-3H3,(H,27,32)(H,28,29,30)/t19-,20+,21?. The summed E-state index contributed by atoms with van der Waals surface area (Å²) in [5.41, 5.74) is 2.04. The average molecular weight is 432 g/mol. The van der Waals surface area contributed by atoms with Gasteiger partial charge in [0.25, 0.3) is 0 Å². The second-order valence-corrected chi connectivity index (χ2v) is 8.86. The van der Waals surface area contributed by atoms with E-state index in [1.54, 1.807) is 0 Å². The van der Waals surface area contributed by atoms with Gasteiger partial charge in [-0.15, -0.1) is 0 Å². The number of hydrogen-bond donors (Lipinski definition) is 2. The third-order valence-corrected chi connectivity index (χ3v) is 6.34. The van der Waals surface area contributed by atoms with Crippen molar-refractivity contribution < 1.29 is 4.79 Å². The van der Waals surface area contributed by atoms with Crippen molar-refractivity contribution in [1.29, 1.82) is 0 Å².